The van der Waals surface area contributed by atoms with Crippen molar-refractivity contribution in [3.05, 3.63) is 24.0 Å². The predicted molar refractivity (Wildman–Crippen MR) is 49.5 cm³/mol. The Morgan fingerprint density at radius 2 is 1.93 bits per heavy atom. The number of aromatic nitrogens is 1. The lowest BCUT2D eigenvalue weighted by Gasteiger charge is -2.25. The first-order valence-corrected chi connectivity index (χ1v) is 4.73. The van der Waals surface area contributed by atoms with E-state index in [-0.39, 0.29) is 0 Å². The van der Waals surface area contributed by atoms with Crippen LogP contribution in [0.25, 0.3) is 0 Å². The van der Waals surface area contributed by atoms with Gasteiger partial charge in [0.05, 0.1) is 0 Å². The predicted octanol–water partition coefficient (Wildman–Crippen LogP) is 2.40. The van der Waals surface area contributed by atoms with Gasteiger partial charge in [-0.15, -0.1) is 0 Å². The lowest BCUT2D eigenvalue weighted by molar-refractivity contribution is 0.411. The third kappa shape index (κ3) is 1.76. The molecule has 1 aromatic rings. The van der Waals surface area contributed by atoms with Crippen molar-refractivity contribution in [2.45, 2.75) is 25.2 Å². The maximum absolute atomic E-state index is 12.2. The summed E-state index contributed by atoms with van der Waals surface area (Å²) in [5, 5.41) is 0. The number of pyridine rings is 1. The summed E-state index contributed by atoms with van der Waals surface area (Å²) < 4.78 is 36.7. The van der Waals surface area contributed by atoms with E-state index in [1.807, 2.05) is 0 Å². The van der Waals surface area contributed by atoms with Crippen LogP contribution in [0.4, 0.5) is 12.9 Å². The van der Waals surface area contributed by atoms with Gasteiger partial charge in [-0.25, -0.2) is 0 Å². The molecule has 1 saturated carbocycles. The van der Waals surface area contributed by atoms with Crippen LogP contribution in [-0.4, -0.2) is 12.0 Å². The van der Waals surface area contributed by atoms with Gasteiger partial charge >= 0.3 is 6.98 Å². The Kier molecular flexibility index (Phi) is 2.25. The van der Waals surface area contributed by atoms with Crippen LogP contribution in [0.1, 0.15) is 30.9 Å². The van der Waals surface area contributed by atoms with Crippen molar-refractivity contribution in [1.29, 1.82) is 0 Å². The summed E-state index contributed by atoms with van der Waals surface area (Å²) in [6.07, 6.45) is 4.23. The Hall–Kier alpha value is -0.995. The Bertz CT molecular complexity index is 316. The fourth-order valence-corrected chi connectivity index (χ4v) is 1.56. The molecule has 0 atom stereocenters. The molecule has 0 amide bonds. The third-order valence-electron chi connectivity index (χ3n) is 2.71. The van der Waals surface area contributed by atoms with Crippen molar-refractivity contribution in [2.75, 3.05) is 0 Å². The van der Waals surface area contributed by atoms with Gasteiger partial charge in [-0.05, 0) is 18.9 Å². The molecule has 0 aromatic carbocycles. The Labute approximate surface area is 80.4 Å². The molecule has 76 valence electrons. The summed E-state index contributed by atoms with van der Waals surface area (Å²) in [4.78, 5) is 3.86. The van der Waals surface area contributed by atoms with E-state index in [2.05, 4.69) is 4.98 Å². The van der Waals surface area contributed by atoms with Gasteiger partial charge in [0.1, 0.15) is 0 Å². The summed E-state index contributed by atoms with van der Waals surface area (Å²) in [7, 11) is 0. The van der Waals surface area contributed by atoms with Gasteiger partial charge in [0.2, 0.25) is 0 Å². The summed E-state index contributed by atoms with van der Waals surface area (Å²) in [5.41, 5.74) is 0.202. The molecule has 1 fully saturated rings. The van der Waals surface area contributed by atoms with Crippen LogP contribution in [0, 0.1) is 0 Å². The number of halogens is 3. The molecule has 0 N–H and O–H groups in total. The van der Waals surface area contributed by atoms with E-state index in [0.29, 0.717) is 5.92 Å². The van der Waals surface area contributed by atoms with Crippen LogP contribution >= 0.6 is 0 Å². The second-order valence-electron chi connectivity index (χ2n) is 3.72. The first-order chi connectivity index (χ1) is 6.57. The van der Waals surface area contributed by atoms with E-state index in [9.17, 15) is 12.9 Å². The second kappa shape index (κ2) is 3.30. The number of hydrogen-bond donors (Lipinski definition) is 0. The molecule has 0 radical (unpaired) electrons. The summed E-state index contributed by atoms with van der Waals surface area (Å²) in [6.45, 7) is -4.89. The van der Waals surface area contributed by atoms with E-state index >= 15 is 0 Å². The van der Waals surface area contributed by atoms with Crippen LogP contribution in [0.3, 0.4) is 0 Å². The highest BCUT2D eigenvalue weighted by Crippen LogP contribution is 2.34. The highest BCUT2D eigenvalue weighted by Gasteiger charge is 2.27. The lowest BCUT2D eigenvalue weighted by atomic mass is 9.79. The number of hydrogen-bond acceptors (Lipinski definition) is 1. The van der Waals surface area contributed by atoms with E-state index in [4.69, 9.17) is 0 Å². The lowest BCUT2D eigenvalue weighted by Crippen LogP contribution is -2.34. The van der Waals surface area contributed by atoms with Crippen LogP contribution < -0.4 is 5.46 Å². The molecule has 5 heteroatoms. The summed E-state index contributed by atoms with van der Waals surface area (Å²) >= 11 is 0. The standard InChI is InChI=1S/C9H10BF3N/c11-10(12,13)8-4-5-9(14-6-8)7-2-1-3-7/h4-7H,1-3H2/q-1. The van der Waals surface area contributed by atoms with Crippen LogP contribution in [0.5, 0.6) is 0 Å². The Balaban J connectivity index is 2.17. The van der Waals surface area contributed by atoms with Crippen molar-refractivity contribution in [2.24, 2.45) is 0 Å². The minimum atomic E-state index is -4.89. The third-order valence-corrected chi connectivity index (χ3v) is 2.71. The molecule has 1 aromatic heterocycles. The van der Waals surface area contributed by atoms with Crippen molar-refractivity contribution < 1.29 is 12.9 Å². The molecule has 0 saturated heterocycles. The zero-order valence-electron chi connectivity index (χ0n) is 7.59. The molecule has 0 bridgehead atoms. The average Bonchev–Trinajstić information content (AvgIpc) is 2.00. The Morgan fingerprint density at radius 1 is 1.21 bits per heavy atom. The van der Waals surface area contributed by atoms with E-state index in [1.54, 1.807) is 0 Å². The summed E-state index contributed by atoms with van der Waals surface area (Å²) in [6, 6.07) is 2.65. The van der Waals surface area contributed by atoms with E-state index in [1.165, 1.54) is 6.07 Å². The number of nitrogens with zero attached hydrogens (tertiary/aromatic N) is 1. The molecule has 1 aliphatic rings. The molecule has 0 aliphatic heterocycles. The largest absolute Gasteiger partial charge is 0.511 e. The van der Waals surface area contributed by atoms with Gasteiger partial charge in [0.15, 0.2) is 0 Å². The van der Waals surface area contributed by atoms with Gasteiger partial charge in [-0.1, -0.05) is 17.9 Å². The van der Waals surface area contributed by atoms with Crippen LogP contribution in [-0.2, 0) is 0 Å². The minimum absolute atomic E-state index is 0.393. The highest BCUT2D eigenvalue weighted by atomic mass is 19.4. The second-order valence-corrected chi connectivity index (χ2v) is 3.72. The van der Waals surface area contributed by atoms with Gasteiger partial charge in [0.25, 0.3) is 0 Å². The maximum Gasteiger partial charge on any atom is 0.511 e. The quantitative estimate of drug-likeness (QED) is 0.668. The smallest absolute Gasteiger partial charge is 0.445 e. The fourth-order valence-electron chi connectivity index (χ4n) is 1.56. The minimum Gasteiger partial charge on any atom is -0.445 e. The highest BCUT2D eigenvalue weighted by molar-refractivity contribution is 6.73. The molecule has 0 unspecified atom stereocenters. The fraction of sp³-hybridized carbons (Fsp3) is 0.444. The maximum atomic E-state index is 12.2. The molecular formula is C9H10BF3N-. The van der Waals surface area contributed by atoms with Crippen LogP contribution in [0.2, 0.25) is 0 Å². The zero-order chi connectivity index (χ0) is 10.2. The normalized spacial score (nSPS) is 17.9. The van der Waals surface area contributed by atoms with Gasteiger partial charge in [-0.3, -0.25) is 4.98 Å². The molecule has 2 rings (SSSR count). The van der Waals surface area contributed by atoms with Gasteiger partial charge < -0.3 is 12.9 Å². The first kappa shape index (κ1) is 9.56. The van der Waals surface area contributed by atoms with Crippen molar-refractivity contribution in [3.63, 3.8) is 0 Å². The first-order valence-electron chi connectivity index (χ1n) is 4.73. The van der Waals surface area contributed by atoms with Gasteiger partial charge in [0, 0.05) is 17.8 Å². The average molecular weight is 200 g/mol. The topological polar surface area (TPSA) is 12.9 Å². The van der Waals surface area contributed by atoms with Crippen molar-refractivity contribution in [1.82, 2.24) is 4.98 Å². The Morgan fingerprint density at radius 3 is 2.29 bits per heavy atom. The molecule has 14 heavy (non-hydrogen) atoms. The molecular weight excluding hydrogens is 190 g/mol. The van der Waals surface area contributed by atoms with Crippen molar-refractivity contribution in [3.8, 4) is 0 Å². The van der Waals surface area contributed by atoms with E-state index in [0.717, 1.165) is 37.2 Å². The molecule has 1 aliphatic carbocycles. The van der Waals surface area contributed by atoms with Crippen LogP contribution in [0.15, 0.2) is 18.3 Å². The monoisotopic (exact) mass is 200 g/mol. The summed E-state index contributed by atoms with van der Waals surface area (Å²) in [5.74, 6) is 0.393. The molecule has 1 heterocycles. The molecule has 1 nitrogen and oxygen atoms in total. The molecule has 0 spiro atoms. The van der Waals surface area contributed by atoms with Crippen molar-refractivity contribution >= 4 is 12.4 Å². The van der Waals surface area contributed by atoms with Gasteiger partial charge in [-0.2, -0.15) is 0 Å². The SMILES string of the molecule is F[B-](F)(F)c1ccc(C2CCC2)nc1. The zero-order valence-corrected chi connectivity index (χ0v) is 7.59. The van der Waals surface area contributed by atoms with E-state index < -0.39 is 12.4 Å². The number of rotatable bonds is 2.